The molecule has 3 nitrogen and oxygen atoms in total. The van der Waals surface area contributed by atoms with Crippen LogP contribution in [0.2, 0.25) is 0 Å². The highest BCUT2D eigenvalue weighted by Crippen LogP contribution is 2.38. The number of carboxylic acids is 1. The van der Waals surface area contributed by atoms with Gasteiger partial charge in [0.05, 0.1) is 0 Å². The number of fused-ring (bicyclic) bond motifs is 1. The Labute approximate surface area is 105 Å². The molecular weight excluding hydrogens is 234 g/mol. The second-order valence-electron chi connectivity index (χ2n) is 4.54. The van der Waals surface area contributed by atoms with E-state index in [0.29, 0.717) is 11.7 Å². The highest BCUT2D eigenvalue weighted by molar-refractivity contribution is 8.00. The summed E-state index contributed by atoms with van der Waals surface area (Å²) in [7, 11) is 0. The maximum atomic E-state index is 10.5. The normalized spacial score (nSPS) is 20.0. The number of hydrogen-bond donors (Lipinski definition) is 2. The first-order valence-corrected chi connectivity index (χ1v) is 6.71. The van der Waals surface area contributed by atoms with Crippen molar-refractivity contribution in [3.8, 4) is 0 Å². The Hall–Kier alpha value is -1.00. The summed E-state index contributed by atoms with van der Waals surface area (Å²) in [4.78, 5) is 11.8. The second-order valence-corrected chi connectivity index (χ2v) is 6.02. The molecule has 1 heterocycles. The molecule has 2 rings (SSSR count). The Morgan fingerprint density at radius 2 is 2.41 bits per heavy atom. The predicted octanol–water partition coefficient (Wildman–Crippen LogP) is 2.59. The molecule has 92 valence electrons. The average molecular weight is 251 g/mol. The smallest absolute Gasteiger partial charge is 0.303 e. The highest BCUT2D eigenvalue weighted by Gasteiger charge is 2.19. The Bertz CT molecular complexity index is 433. The summed E-state index contributed by atoms with van der Waals surface area (Å²) in [6.07, 6.45) is 1.74. The van der Waals surface area contributed by atoms with E-state index in [0.717, 1.165) is 12.0 Å². The summed E-state index contributed by atoms with van der Waals surface area (Å²) in [5, 5.41) is 9.27. The Morgan fingerprint density at radius 1 is 1.65 bits per heavy atom. The minimum atomic E-state index is -0.787. The lowest BCUT2D eigenvalue weighted by Crippen LogP contribution is -2.12. The van der Waals surface area contributed by atoms with Crippen molar-refractivity contribution in [2.24, 2.45) is 5.73 Å². The van der Waals surface area contributed by atoms with E-state index in [1.54, 1.807) is 0 Å². The fourth-order valence-electron chi connectivity index (χ4n) is 2.09. The summed E-state index contributed by atoms with van der Waals surface area (Å²) < 4.78 is 0. The van der Waals surface area contributed by atoms with Crippen LogP contribution >= 0.6 is 11.8 Å². The zero-order valence-corrected chi connectivity index (χ0v) is 10.7. The van der Waals surface area contributed by atoms with E-state index < -0.39 is 5.97 Å². The molecule has 0 saturated carbocycles. The first-order valence-electron chi connectivity index (χ1n) is 5.83. The molecule has 0 fully saturated rings. The molecule has 4 heteroatoms. The van der Waals surface area contributed by atoms with Crippen molar-refractivity contribution in [2.45, 2.75) is 42.4 Å². The lowest BCUT2D eigenvalue weighted by molar-refractivity contribution is -0.137. The van der Waals surface area contributed by atoms with Gasteiger partial charge in [-0.25, -0.2) is 0 Å². The quantitative estimate of drug-likeness (QED) is 0.863. The minimum absolute atomic E-state index is 0.127. The summed E-state index contributed by atoms with van der Waals surface area (Å²) in [6, 6.07) is 6.11. The molecule has 0 spiro atoms. The van der Waals surface area contributed by atoms with Gasteiger partial charge in [0, 0.05) is 22.6 Å². The largest absolute Gasteiger partial charge is 0.481 e. The third-order valence-corrected chi connectivity index (χ3v) is 4.23. The van der Waals surface area contributed by atoms with E-state index in [9.17, 15) is 4.79 Å². The van der Waals surface area contributed by atoms with Crippen LogP contribution in [-0.2, 0) is 11.2 Å². The van der Waals surface area contributed by atoms with Gasteiger partial charge in [0.25, 0.3) is 0 Å². The van der Waals surface area contributed by atoms with E-state index in [1.807, 2.05) is 17.8 Å². The topological polar surface area (TPSA) is 63.3 Å². The van der Waals surface area contributed by atoms with Crippen LogP contribution in [0.25, 0.3) is 0 Å². The van der Waals surface area contributed by atoms with E-state index >= 15 is 0 Å². The lowest BCUT2D eigenvalue weighted by Gasteiger charge is -2.12. The number of carboxylic acid groups (broad SMARTS) is 1. The van der Waals surface area contributed by atoms with Gasteiger partial charge in [-0.3, -0.25) is 4.79 Å². The molecule has 0 radical (unpaired) electrons. The summed E-state index contributed by atoms with van der Waals surface area (Å²) in [5.74, 6) is -0.787. The van der Waals surface area contributed by atoms with Crippen molar-refractivity contribution in [1.29, 1.82) is 0 Å². The molecule has 0 saturated heterocycles. The number of thioether (sulfide) groups is 1. The number of nitrogens with two attached hydrogens (primary N) is 1. The van der Waals surface area contributed by atoms with Crippen molar-refractivity contribution in [3.63, 3.8) is 0 Å². The van der Waals surface area contributed by atoms with Gasteiger partial charge >= 0.3 is 5.97 Å². The van der Waals surface area contributed by atoms with E-state index in [1.165, 1.54) is 10.5 Å². The molecule has 0 amide bonds. The molecule has 3 N–H and O–H groups in total. The molecule has 1 aromatic rings. The van der Waals surface area contributed by atoms with Gasteiger partial charge in [0.15, 0.2) is 0 Å². The Balaban J connectivity index is 2.07. The third-order valence-electron chi connectivity index (χ3n) is 3.02. The van der Waals surface area contributed by atoms with Crippen molar-refractivity contribution >= 4 is 17.7 Å². The monoisotopic (exact) mass is 251 g/mol. The highest BCUT2D eigenvalue weighted by atomic mass is 32.2. The zero-order valence-electron chi connectivity index (χ0n) is 9.85. The van der Waals surface area contributed by atoms with Crippen LogP contribution in [0, 0.1) is 0 Å². The fourth-order valence-corrected chi connectivity index (χ4v) is 3.30. The van der Waals surface area contributed by atoms with Gasteiger partial charge in [-0.15, -0.1) is 11.8 Å². The number of hydrogen-bond acceptors (Lipinski definition) is 3. The van der Waals surface area contributed by atoms with Crippen molar-refractivity contribution in [1.82, 2.24) is 0 Å². The molecular formula is C13H17NO2S. The minimum Gasteiger partial charge on any atom is -0.481 e. The van der Waals surface area contributed by atoms with Crippen molar-refractivity contribution in [3.05, 3.63) is 29.3 Å². The van der Waals surface area contributed by atoms with Crippen LogP contribution in [-0.4, -0.2) is 16.3 Å². The van der Waals surface area contributed by atoms with Gasteiger partial charge in [0.1, 0.15) is 0 Å². The Kier molecular flexibility index (Phi) is 3.74. The van der Waals surface area contributed by atoms with Gasteiger partial charge in [-0.05, 0) is 30.0 Å². The molecule has 17 heavy (non-hydrogen) atoms. The zero-order chi connectivity index (χ0) is 12.4. The lowest BCUT2D eigenvalue weighted by atomic mass is 10.0. The van der Waals surface area contributed by atoms with Gasteiger partial charge < -0.3 is 10.8 Å². The van der Waals surface area contributed by atoms with Crippen LogP contribution in [0.1, 0.15) is 36.9 Å². The van der Waals surface area contributed by atoms with E-state index in [2.05, 4.69) is 19.1 Å². The summed E-state index contributed by atoms with van der Waals surface area (Å²) in [5.41, 5.74) is 8.43. The van der Waals surface area contributed by atoms with Crippen LogP contribution in [0.4, 0.5) is 0 Å². The number of rotatable bonds is 4. The molecule has 1 aromatic carbocycles. The third kappa shape index (κ3) is 3.01. The SMILES string of the molecule is CC1Cc2ccc(C(N)CCC(=O)O)cc2S1. The second kappa shape index (κ2) is 5.10. The van der Waals surface area contributed by atoms with Crippen molar-refractivity contribution < 1.29 is 9.90 Å². The van der Waals surface area contributed by atoms with Crippen molar-refractivity contribution in [2.75, 3.05) is 0 Å². The van der Waals surface area contributed by atoms with Gasteiger partial charge in [-0.1, -0.05) is 19.1 Å². The predicted molar refractivity (Wildman–Crippen MR) is 69.3 cm³/mol. The molecule has 0 aliphatic carbocycles. The van der Waals surface area contributed by atoms with Crippen LogP contribution in [0.3, 0.4) is 0 Å². The Morgan fingerprint density at radius 3 is 3.12 bits per heavy atom. The maximum Gasteiger partial charge on any atom is 0.303 e. The molecule has 1 aliphatic rings. The number of benzene rings is 1. The number of carbonyl (C=O) groups is 1. The fraction of sp³-hybridized carbons (Fsp3) is 0.462. The van der Waals surface area contributed by atoms with Crippen LogP contribution in [0.5, 0.6) is 0 Å². The standard InChI is InChI=1S/C13H17NO2S/c1-8-6-10-3-2-9(7-12(10)17-8)11(14)4-5-13(15)16/h2-3,7-8,11H,4-6,14H2,1H3,(H,15,16). The molecule has 2 unspecified atom stereocenters. The van der Waals surface area contributed by atoms with Gasteiger partial charge in [0.2, 0.25) is 0 Å². The first kappa shape index (κ1) is 12.5. The summed E-state index contributed by atoms with van der Waals surface area (Å²) >= 11 is 1.88. The average Bonchev–Trinajstić information content (AvgIpc) is 2.64. The molecule has 0 bridgehead atoms. The van der Waals surface area contributed by atoms with E-state index in [4.69, 9.17) is 10.8 Å². The van der Waals surface area contributed by atoms with E-state index in [-0.39, 0.29) is 12.5 Å². The van der Waals surface area contributed by atoms with Gasteiger partial charge in [-0.2, -0.15) is 0 Å². The van der Waals surface area contributed by atoms with Crippen LogP contribution < -0.4 is 5.73 Å². The van der Waals surface area contributed by atoms with Crippen LogP contribution in [0.15, 0.2) is 23.1 Å². The number of aliphatic carboxylic acids is 1. The summed E-state index contributed by atoms with van der Waals surface area (Å²) in [6.45, 7) is 2.22. The molecule has 1 aliphatic heterocycles. The maximum absolute atomic E-state index is 10.5. The first-order chi connectivity index (χ1) is 8.06. The molecule has 2 atom stereocenters. The molecule has 0 aromatic heterocycles.